The number of hydrogen-bond donors (Lipinski definition) is 1. The highest BCUT2D eigenvalue weighted by Crippen LogP contribution is 2.35. The van der Waals surface area contributed by atoms with Gasteiger partial charge in [-0.3, -0.25) is 4.99 Å². The number of alkyl halides is 1. The Hall–Kier alpha value is -2.13. The molecule has 5 nitrogen and oxygen atoms in total. The molecular weight excluding hydrogens is 440 g/mol. The summed E-state index contributed by atoms with van der Waals surface area (Å²) in [4.78, 5) is 21.4. The number of aromatic nitrogens is 1. The normalized spacial score (nSPS) is 16.8. The molecule has 0 amide bonds. The second kappa shape index (κ2) is 8.26. The monoisotopic (exact) mass is 455 g/mol. The summed E-state index contributed by atoms with van der Waals surface area (Å²) in [5.74, 6) is -2.01. The molecular formula is C18H16BrF2N3O2S. The van der Waals surface area contributed by atoms with E-state index in [0.29, 0.717) is 27.4 Å². The van der Waals surface area contributed by atoms with Gasteiger partial charge in [-0.1, -0.05) is 22.0 Å². The molecule has 3 rings (SSSR count). The Kier molecular flexibility index (Phi) is 6.01. The molecule has 0 aliphatic carbocycles. The number of aliphatic imine (C=N–C) groups is 1. The van der Waals surface area contributed by atoms with E-state index >= 15 is 0 Å². The van der Waals surface area contributed by atoms with Gasteiger partial charge in [-0.2, -0.15) is 0 Å². The third-order valence-electron chi connectivity index (χ3n) is 4.07. The van der Waals surface area contributed by atoms with Crippen LogP contribution in [0.15, 0.2) is 40.0 Å². The maximum Gasteiger partial charge on any atom is 0.338 e. The first-order chi connectivity index (χ1) is 13.0. The Morgan fingerprint density at radius 2 is 2.19 bits per heavy atom. The van der Waals surface area contributed by atoms with Crippen LogP contribution in [-0.2, 0) is 9.53 Å². The van der Waals surface area contributed by atoms with Crippen LogP contribution in [0.1, 0.15) is 29.1 Å². The summed E-state index contributed by atoms with van der Waals surface area (Å²) < 4.78 is 33.0. The zero-order valence-corrected chi connectivity index (χ0v) is 17.0. The minimum Gasteiger partial charge on any atom is -0.463 e. The van der Waals surface area contributed by atoms with E-state index in [1.54, 1.807) is 18.5 Å². The number of nitrogens with one attached hydrogen (secondary N) is 1. The Bertz CT molecular complexity index is 929. The van der Waals surface area contributed by atoms with Gasteiger partial charge in [-0.25, -0.2) is 18.6 Å². The van der Waals surface area contributed by atoms with Crippen molar-refractivity contribution in [3.05, 3.63) is 62.7 Å². The number of carbonyl (C=O) groups is 1. The number of ether oxygens (including phenoxy) is 1. The molecule has 1 atom stereocenters. The topological polar surface area (TPSA) is 63.6 Å². The summed E-state index contributed by atoms with van der Waals surface area (Å²) in [5, 5.41) is 5.85. The van der Waals surface area contributed by atoms with Gasteiger partial charge in [0.1, 0.15) is 6.04 Å². The van der Waals surface area contributed by atoms with E-state index in [1.807, 2.05) is 0 Å². The standard InChI is InChI=1S/C18H16BrF2N3O2S/c1-3-26-18(25)13-12(8-19)23-16(17-22-6-7-27-17)24-15(13)10-4-5-11(20)14(21)9(10)2/h4-7,15H,3,8H2,1-2H3,(H,23,24). The minimum absolute atomic E-state index is 0.0971. The lowest BCUT2D eigenvalue weighted by Gasteiger charge is -2.27. The summed E-state index contributed by atoms with van der Waals surface area (Å²) in [6.07, 6.45) is 1.64. The lowest BCUT2D eigenvalue weighted by atomic mass is 9.92. The molecule has 2 aromatic rings. The van der Waals surface area contributed by atoms with Gasteiger partial charge in [-0.15, -0.1) is 11.3 Å². The highest BCUT2D eigenvalue weighted by molar-refractivity contribution is 9.09. The molecule has 1 N–H and O–H groups in total. The summed E-state index contributed by atoms with van der Waals surface area (Å²) in [7, 11) is 0. The highest BCUT2D eigenvalue weighted by atomic mass is 79.9. The Morgan fingerprint density at radius 1 is 1.41 bits per heavy atom. The second-order valence-corrected chi connectivity index (χ2v) is 7.12. The molecule has 1 aliphatic heterocycles. The van der Waals surface area contributed by atoms with Gasteiger partial charge in [0.05, 0.1) is 12.2 Å². The number of rotatable bonds is 5. The summed E-state index contributed by atoms with van der Waals surface area (Å²) in [5.41, 5.74) is 1.29. The van der Waals surface area contributed by atoms with Crippen molar-refractivity contribution >= 4 is 39.1 Å². The maximum absolute atomic E-state index is 14.2. The van der Waals surface area contributed by atoms with Crippen molar-refractivity contribution in [2.75, 3.05) is 11.9 Å². The van der Waals surface area contributed by atoms with Crippen LogP contribution in [0.5, 0.6) is 0 Å². The molecule has 0 bridgehead atoms. The third-order valence-corrected chi connectivity index (χ3v) is 5.41. The zero-order chi connectivity index (χ0) is 19.6. The zero-order valence-electron chi connectivity index (χ0n) is 14.6. The van der Waals surface area contributed by atoms with E-state index in [-0.39, 0.29) is 17.7 Å². The molecule has 27 heavy (non-hydrogen) atoms. The van der Waals surface area contributed by atoms with E-state index < -0.39 is 23.6 Å². The number of hydrogen-bond acceptors (Lipinski definition) is 6. The SMILES string of the molecule is CCOC(=O)C1=C(CBr)NC(c2nccs2)=NC1c1ccc(F)c(F)c1C. The van der Waals surface area contributed by atoms with Crippen LogP contribution in [-0.4, -0.2) is 28.7 Å². The Balaban J connectivity index is 2.19. The molecule has 1 unspecified atom stereocenters. The fourth-order valence-electron chi connectivity index (χ4n) is 2.79. The van der Waals surface area contributed by atoms with Crippen LogP contribution < -0.4 is 5.32 Å². The third kappa shape index (κ3) is 3.79. The molecule has 9 heteroatoms. The first-order valence-corrected chi connectivity index (χ1v) is 10.1. The van der Waals surface area contributed by atoms with Crippen molar-refractivity contribution in [1.82, 2.24) is 10.3 Å². The van der Waals surface area contributed by atoms with Crippen LogP contribution in [0.3, 0.4) is 0 Å². The number of amidine groups is 1. The van der Waals surface area contributed by atoms with Crippen molar-refractivity contribution in [3.8, 4) is 0 Å². The van der Waals surface area contributed by atoms with Gasteiger partial charge < -0.3 is 10.1 Å². The van der Waals surface area contributed by atoms with Gasteiger partial charge in [0.15, 0.2) is 22.5 Å². The average molecular weight is 456 g/mol. The van der Waals surface area contributed by atoms with E-state index in [4.69, 9.17) is 4.74 Å². The lowest BCUT2D eigenvalue weighted by Crippen LogP contribution is -2.34. The van der Waals surface area contributed by atoms with E-state index in [9.17, 15) is 13.6 Å². The van der Waals surface area contributed by atoms with Crippen molar-refractivity contribution in [3.63, 3.8) is 0 Å². The quantitative estimate of drug-likeness (QED) is 0.545. The van der Waals surface area contributed by atoms with Gasteiger partial charge in [0.2, 0.25) is 0 Å². The van der Waals surface area contributed by atoms with Crippen LogP contribution in [0, 0.1) is 18.6 Å². The summed E-state index contributed by atoms with van der Waals surface area (Å²) in [6, 6.07) is 1.64. The largest absolute Gasteiger partial charge is 0.463 e. The van der Waals surface area contributed by atoms with E-state index in [1.165, 1.54) is 24.3 Å². The van der Waals surface area contributed by atoms with Crippen LogP contribution in [0.25, 0.3) is 0 Å². The number of allylic oxidation sites excluding steroid dienone is 1. The molecule has 2 heterocycles. The van der Waals surface area contributed by atoms with Crippen molar-refractivity contribution in [2.24, 2.45) is 4.99 Å². The van der Waals surface area contributed by atoms with Crippen LogP contribution in [0.2, 0.25) is 0 Å². The predicted octanol–water partition coefficient (Wildman–Crippen LogP) is 4.03. The fraction of sp³-hybridized carbons (Fsp3) is 0.278. The lowest BCUT2D eigenvalue weighted by molar-refractivity contribution is -0.138. The molecule has 142 valence electrons. The number of carbonyl (C=O) groups excluding carboxylic acids is 1. The molecule has 0 saturated carbocycles. The average Bonchev–Trinajstić information content (AvgIpc) is 3.20. The molecule has 1 aromatic heterocycles. The number of nitrogens with zero attached hydrogens (tertiary/aromatic N) is 2. The van der Waals surface area contributed by atoms with Gasteiger partial charge in [0, 0.05) is 22.6 Å². The molecule has 0 radical (unpaired) electrons. The Labute approximate surface area is 167 Å². The van der Waals surface area contributed by atoms with Crippen LogP contribution in [0.4, 0.5) is 8.78 Å². The summed E-state index contributed by atoms with van der Waals surface area (Å²) in [6.45, 7) is 3.35. The van der Waals surface area contributed by atoms with Gasteiger partial charge in [-0.05, 0) is 31.0 Å². The number of thiazole rings is 1. The van der Waals surface area contributed by atoms with Crippen molar-refractivity contribution < 1.29 is 18.3 Å². The number of esters is 1. The van der Waals surface area contributed by atoms with Crippen molar-refractivity contribution in [1.29, 1.82) is 0 Å². The highest BCUT2D eigenvalue weighted by Gasteiger charge is 2.34. The first-order valence-electron chi connectivity index (χ1n) is 8.13. The van der Waals surface area contributed by atoms with E-state index in [0.717, 1.165) is 6.07 Å². The predicted molar refractivity (Wildman–Crippen MR) is 103 cm³/mol. The fourth-order valence-corrected chi connectivity index (χ4v) is 3.82. The maximum atomic E-state index is 14.2. The summed E-state index contributed by atoms with van der Waals surface area (Å²) >= 11 is 4.75. The number of halogens is 3. The smallest absolute Gasteiger partial charge is 0.338 e. The van der Waals surface area contributed by atoms with Crippen LogP contribution >= 0.6 is 27.3 Å². The van der Waals surface area contributed by atoms with E-state index in [2.05, 4.69) is 31.2 Å². The molecule has 1 aromatic carbocycles. The van der Waals surface area contributed by atoms with Gasteiger partial charge in [0.25, 0.3) is 0 Å². The second-order valence-electron chi connectivity index (χ2n) is 5.66. The molecule has 0 spiro atoms. The Morgan fingerprint density at radius 3 is 2.81 bits per heavy atom. The first kappa shape index (κ1) is 19.6. The number of benzene rings is 1. The van der Waals surface area contributed by atoms with Crippen molar-refractivity contribution in [2.45, 2.75) is 19.9 Å². The molecule has 1 aliphatic rings. The molecule has 0 saturated heterocycles. The van der Waals surface area contributed by atoms with Gasteiger partial charge >= 0.3 is 5.97 Å². The molecule has 0 fully saturated rings. The minimum atomic E-state index is -0.958.